The molecule has 2 saturated heterocycles. The number of nitrogens with zero attached hydrogens (tertiary/aromatic N) is 3. The van der Waals surface area contributed by atoms with E-state index < -0.39 is 11.7 Å². The van der Waals surface area contributed by atoms with Gasteiger partial charge in [0.2, 0.25) is 5.91 Å². The lowest BCUT2D eigenvalue weighted by atomic mass is 10.1. The van der Waals surface area contributed by atoms with E-state index in [4.69, 9.17) is 0 Å². The van der Waals surface area contributed by atoms with Crippen molar-refractivity contribution in [3.05, 3.63) is 23.8 Å². The van der Waals surface area contributed by atoms with E-state index in [1.165, 1.54) is 6.07 Å². The van der Waals surface area contributed by atoms with E-state index in [1.807, 2.05) is 4.90 Å². The standard InChI is InChI=1S/C17H22F3N3O/c1-13(24)21-8-10-23(11-9-21)15-5-4-14(17(18,19)20)12-16(15)22-6-2-3-7-22/h4-5,12H,2-3,6-11H2,1H3. The van der Waals surface area contributed by atoms with Gasteiger partial charge in [-0.2, -0.15) is 13.2 Å². The zero-order valence-electron chi connectivity index (χ0n) is 13.8. The Balaban J connectivity index is 1.88. The van der Waals surface area contributed by atoms with E-state index in [2.05, 4.69) is 4.90 Å². The monoisotopic (exact) mass is 341 g/mol. The fourth-order valence-corrected chi connectivity index (χ4v) is 3.44. The average molecular weight is 341 g/mol. The van der Waals surface area contributed by atoms with E-state index >= 15 is 0 Å². The van der Waals surface area contributed by atoms with Gasteiger partial charge >= 0.3 is 6.18 Å². The van der Waals surface area contributed by atoms with Gasteiger partial charge in [0.05, 0.1) is 16.9 Å². The highest BCUT2D eigenvalue weighted by Crippen LogP contribution is 2.38. The van der Waals surface area contributed by atoms with Gasteiger partial charge in [0.1, 0.15) is 0 Å². The van der Waals surface area contributed by atoms with Gasteiger partial charge < -0.3 is 14.7 Å². The van der Waals surface area contributed by atoms with Crippen molar-refractivity contribution in [3.8, 4) is 0 Å². The summed E-state index contributed by atoms with van der Waals surface area (Å²) in [6, 6.07) is 4.02. The predicted molar refractivity (Wildman–Crippen MR) is 87.4 cm³/mol. The minimum Gasteiger partial charge on any atom is -0.370 e. The van der Waals surface area contributed by atoms with Crippen molar-refractivity contribution in [2.24, 2.45) is 0 Å². The van der Waals surface area contributed by atoms with Crippen molar-refractivity contribution in [1.29, 1.82) is 0 Å². The number of hydrogen-bond acceptors (Lipinski definition) is 3. The van der Waals surface area contributed by atoms with Gasteiger partial charge in [-0.1, -0.05) is 0 Å². The number of hydrogen-bond donors (Lipinski definition) is 0. The zero-order valence-corrected chi connectivity index (χ0v) is 13.8. The molecule has 0 bridgehead atoms. The summed E-state index contributed by atoms with van der Waals surface area (Å²) in [5.41, 5.74) is 0.905. The van der Waals surface area contributed by atoms with E-state index in [0.717, 1.165) is 37.7 Å². The second kappa shape index (κ2) is 6.53. The van der Waals surface area contributed by atoms with Gasteiger partial charge in [-0.15, -0.1) is 0 Å². The Hall–Kier alpha value is -1.92. The zero-order chi connectivity index (χ0) is 17.3. The van der Waals surface area contributed by atoms with Crippen LogP contribution in [0.25, 0.3) is 0 Å². The first-order valence-corrected chi connectivity index (χ1v) is 8.33. The molecule has 0 N–H and O–H groups in total. The second-order valence-electron chi connectivity index (χ2n) is 6.39. The van der Waals surface area contributed by atoms with Crippen LogP contribution >= 0.6 is 0 Å². The van der Waals surface area contributed by atoms with Crippen LogP contribution in [-0.4, -0.2) is 50.1 Å². The molecule has 0 spiro atoms. The maximum atomic E-state index is 13.1. The lowest BCUT2D eigenvalue weighted by molar-refractivity contribution is -0.137. The number of carbonyl (C=O) groups excluding carboxylic acids is 1. The highest BCUT2D eigenvalue weighted by atomic mass is 19.4. The number of amides is 1. The normalized spacial score (nSPS) is 19.1. The van der Waals surface area contributed by atoms with Crippen molar-refractivity contribution < 1.29 is 18.0 Å². The van der Waals surface area contributed by atoms with Crippen LogP contribution in [0.2, 0.25) is 0 Å². The van der Waals surface area contributed by atoms with Crippen molar-refractivity contribution in [1.82, 2.24) is 4.90 Å². The molecule has 2 fully saturated rings. The molecule has 0 unspecified atom stereocenters. The van der Waals surface area contributed by atoms with E-state index in [0.29, 0.717) is 31.9 Å². The van der Waals surface area contributed by atoms with E-state index in [1.54, 1.807) is 17.9 Å². The number of benzene rings is 1. The third-order valence-electron chi connectivity index (χ3n) is 4.82. The molecule has 24 heavy (non-hydrogen) atoms. The Kier molecular flexibility index (Phi) is 4.60. The number of alkyl halides is 3. The minimum absolute atomic E-state index is 0.0434. The Morgan fingerprint density at radius 1 is 0.917 bits per heavy atom. The summed E-state index contributed by atoms with van der Waals surface area (Å²) >= 11 is 0. The number of rotatable bonds is 2. The van der Waals surface area contributed by atoms with Crippen LogP contribution in [0.4, 0.5) is 24.5 Å². The number of halogens is 3. The molecular weight excluding hydrogens is 319 g/mol. The van der Waals surface area contributed by atoms with Gasteiger partial charge in [-0.25, -0.2) is 0 Å². The third-order valence-corrected chi connectivity index (χ3v) is 4.82. The quantitative estimate of drug-likeness (QED) is 0.827. The summed E-state index contributed by atoms with van der Waals surface area (Å²) in [6.45, 7) is 5.63. The molecule has 1 amide bonds. The van der Waals surface area contributed by atoms with Gasteiger partial charge in [-0.3, -0.25) is 4.79 Å². The van der Waals surface area contributed by atoms with Crippen molar-refractivity contribution in [2.75, 3.05) is 49.1 Å². The van der Waals surface area contributed by atoms with Crippen LogP contribution < -0.4 is 9.80 Å². The van der Waals surface area contributed by atoms with Crippen molar-refractivity contribution in [2.45, 2.75) is 25.9 Å². The minimum atomic E-state index is -4.33. The van der Waals surface area contributed by atoms with Gasteiger partial charge in [0.15, 0.2) is 0 Å². The Morgan fingerprint density at radius 2 is 1.50 bits per heavy atom. The smallest absolute Gasteiger partial charge is 0.370 e. The number of carbonyl (C=O) groups is 1. The summed E-state index contributed by atoms with van der Waals surface area (Å²) in [5.74, 6) is 0.0434. The largest absolute Gasteiger partial charge is 0.416 e. The van der Waals surface area contributed by atoms with Crippen molar-refractivity contribution in [3.63, 3.8) is 0 Å². The van der Waals surface area contributed by atoms with Crippen LogP contribution in [0.1, 0.15) is 25.3 Å². The van der Waals surface area contributed by atoms with Gasteiger partial charge in [-0.05, 0) is 31.0 Å². The molecule has 4 nitrogen and oxygen atoms in total. The topological polar surface area (TPSA) is 26.8 Å². The van der Waals surface area contributed by atoms with Gasteiger partial charge in [0.25, 0.3) is 0 Å². The maximum absolute atomic E-state index is 13.1. The first-order valence-electron chi connectivity index (χ1n) is 8.33. The lowest BCUT2D eigenvalue weighted by Gasteiger charge is -2.38. The molecule has 0 saturated carbocycles. The molecule has 0 radical (unpaired) electrons. The number of piperazine rings is 1. The molecule has 0 atom stereocenters. The van der Waals surface area contributed by atoms with E-state index in [9.17, 15) is 18.0 Å². The molecule has 2 aliphatic rings. The van der Waals surface area contributed by atoms with E-state index in [-0.39, 0.29) is 5.91 Å². The third kappa shape index (κ3) is 3.44. The first kappa shape index (κ1) is 16.9. The SMILES string of the molecule is CC(=O)N1CCN(c2ccc(C(F)(F)F)cc2N2CCCC2)CC1. The first-order chi connectivity index (χ1) is 11.4. The maximum Gasteiger partial charge on any atom is 0.416 e. The molecule has 132 valence electrons. The Labute approximate surface area is 139 Å². The molecule has 2 aliphatic heterocycles. The van der Waals surface area contributed by atoms with Crippen LogP contribution in [0.15, 0.2) is 18.2 Å². The number of anilines is 2. The lowest BCUT2D eigenvalue weighted by Crippen LogP contribution is -2.48. The molecule has 7 heteroatoms. The molecule has 0 aliphatic carbocycles. The average Bonchev–Trinajstić information content (AvgIpc) is 3.08. The molecule has 3 rings (SSSR count). The molecule has 1 aromatic rings. The summed E-state index contributed by atoms with van der Waals surface area (Å²) in [6.07, 6.45) is -2.32. The van der Waals surface area contributed by atoms with Crippen LogP contribution in [0.5, 0.6) is 0 Å². The summed E-state index contributed by atoms with van der Waals surface area (Å²) in [7, 11) is 0. The molecule has 1 aromatic carbocycles. The highest BCUT2D eigenvalue weighted by molar-refractivity contribution is 5.75. The second-order valence-corrected chi connectivity index (χ2v) is 6.39. The van der Waals surface area contributed by atoms with Gasteiger partial charge in [0, 0.05) is 46.2 Å². The molecule has 2 heterocycles. The summed E-state index contributed by atoms with van der Waals surface area (Å²) in [5, 5.41) is 0. The van der Waals surface area contributed by atoms with Crippen LogP contribution in [0, 0.1) is 0 Å². The summed E-state index contributed by atoms with van der Waals surface area (Å²) in [4.78, 5) is 17.4. The fourth-order valence-electron chi connectivity index (χ4n) is 3.44. The van der Waals surface area contributed by atoms with Crippen LogP contribution in [0.3, 0.4) is 0 Å². The Bertz CT molecular complexity index is 604. The summed E-state index contributed by atoms with van der Waals surface area (Å²) < 4.78 is 39.3. The van der Waals surface area contributed by atoms with Crippen LogP contribution in [-0.2, 0) is 11.0 Å². The highest BCUT2D eigenvalue weighted by Gasteiger charge is 2.33. The fraction of sp³-hybridized carbons (Fsp3) is 0.588. The predicted octanol–water partition coefficient (Wildman–Crippen LogP) is 2.97. The molecule has 0 aromatic heterocycles. The Morgan fingerprint density at radius 3 is 2.04 bits per heavy atom. The molecular formula is C17H22F3N3O. The van der Waals surface area contributed by atoms with Crippen molar-refractivity contribution >= 4 is 17.3 Å².